The monoisotopic (exact) mass is 405 g/mol. The van der Waals surface area contributed by atoms with Crippen molar-refractivity contribution in [2.45, 2.75) is 53.1 Å². The lowest BCUT2D eigenvalue weighted by Gasteiger charge is -2.11. The quantitative estimate of drug-likeness (QED) is 0.509. The van der Waals surface area contributed by atoms with E-state index in [2.05, 4.69) is 17.1 Å². The first kappa shape index (κ1) is 20.5. The molecule has 0 spiro atoms. The van der Waals surface area contributed by atoms with Crippen LogP contribution in [0.2, 0.25) is 0 Å². The van der Waals surface area contributed by atoms with Crippen LogP contribution in [-0.2, 0) is 30.2 Å². The van der Waals surface area contributed by atoms with E-state index in [0.29, 0.717) is 18.5 Å². The number of Topliss-reactive ketones (excluding diaryl/α,β-unsaturated/α-hetero) is 1. The summed E-state index contributed by atoms with van der Waals surface area (Å²) in [6.07, 6.45) is -2.61. The number of aryl methyl sites for hydroxylation is 5. The Kier molecular flexibility index (Phi) is 5.62. The van der Waals surface area contributed by atoms with Crippen LogP contribution in [0.25, 0.3) is 10.1 Å². The molecule has 0 N–H and O–H groups in total. The number of ketones is 1. The van der Waals surface area contributed by atoms with Crippen LogP contribution in [0, 0.1) is 20.8 Å². The molecule has 0 radical (unpaired) electrons. The summed E-state index contributed by atoms with van der Waals surface area (Å²) < 4.78 is 39.5. The van der Waals surface area contributed by atoms with Gasteiger partial charge < -0.3 is 0 Å². The van der Waals surface area contributed by atoms with E-state index in [1.54, 1.807) is 25.2 Å². The number of hydrogen-bond donors (Lipinski definition) is 0. The molecule has 2 nitrogen and oxygen atoms in total. The van der Waals surface area contributed by atoms with Gasteiger partial charge in [0.2, 0.25) is 0 Å². The van der Waals surface area contributed by atoms with Crippen LogP contribution in [0.15, 0.2) is 24.3 Å². The van der Waals surface area contributed by atoms with Gasteiger partial charge in [-0.2, -0.15) is 13.2 Å². The standard InChI is InChI=1S/C22H22F3NOS/c1-12-9-16(11-19-21(12)18(10-13(2)27)15(4)28-19)5-6-17-7-8-20(22(23,24)25)26-14(17)3/h7-9,11H,5-6,10H2,1-4H3. The third kappa shape index (κ3) is 4.27. The number of benzene rings is 1. The van der Waals surface area contributed by atoms with Crippen molar-refractivity contribution >= 4 is 27.2 Å². The van der Waals surface area contributed by atoms with Crippen molar-refractivity contribution in [3.05, 3.63) is 62.8 Å². The van der Waals surface area contributed by atoms with Gasteiger partial charge in [0, 0.05) is 21.7 Å². The molecule has 6 heteroatoms. The largest absolute Gasteiger partial charge is 0.433 e. The van der Waals surface area contributed by atoms with Gasteiger partial charge in [-0.25, -0.2) is 4.98 Å². The van der Waals surface area contributed by atoms with E-state index < -0.39 is 11.9 Å². The Bertz CT molecular complexity index is 1050. The highest BCUT2D eigenvalue weighted by atomic mass is 32.1. The minimum Gasteiger partial charge on any atom is -0.300 e. The van der Waals surface area contributed by atoms with Gasteiger partial charge in [-0.1, -0.05) is 12.1 Å². The van der Waals surface area contributed by atoms with E-state index in [0.717, 1.165) is 49.7 Å². The Labute approximate surface area is 166 Å². The van der Waals surface area contributed by atoms with Crippen LogP contribution in [-0.4, -0.2) is 10.8 Å². The van der Waals surface area contributed by atoms with Crippen LogP contribution in [0.3, 0.4) is 0 Å². The van der Waals surface area contributed by atoms with Crippen molar-refractivity contribution in [1.82, 2.24) is 4.98 Å². The number of thiophene rings is 1. The van der Waals surface area contributed by atoms with Crippen molar-refractivity contribution in [1.29, 1.82) is 0 Å². The third-order valence-electron chi connectivity index (χ3n) is 4.94. The van der Waals surface area contributed by atoms with E-state index in [1.807, 2.05) is 13.8 Å². The van der Waals surface area contributed by atoms with Gasteiger partial charge in [-0.05, 0) is 80.3 Å². The first-order chi connectivity index (χ1) is 13.1. The fourth-order valence-corrected chi connectivity index (χ4v) is 4.82. The maximum Gasteiger partial charge on any atom is 0.433 e. The molecule has 28 heavy (non-hydrogen) atoms. The molecule has 0 amide bonds. The molecule has 0 saturated carbocycles. The van der Waals surface area contributed by atoms with Crippen molar-refractivity contribution < 1.29 is 18.0 Å². The number of rotatable bonds is 5. The van der Waals surface area contributed by atoms with E-state index in [9.17, 15) is 18.0 Å². The Hall–Kier alpha value is -2.21. The van der Waals surface area contributed by atoms with Crippen LogP contribution >= 0.6 is 11.3 Å². The molecule has 0 fully saturated rings. The van der Waals surface area contributed by atoms with Gasteiger partial charge in [-0.3, -0.25) is 4.79 Å². The Morgan fingerprint density at radius 3 is 2.43 bits per heavy atom. The number of alkyl halides is 3. The summed E-state index contributed by atoms with van der Waals surface area (Å²) in [6.45, 7) is 7.31. The number of hydrogen-bond acceptors (Lipinski definition) is 3. The third-order valence-corrected chi connectivity index (χ3v) is 6.04. The second kappa shape index (κ2) is 7.66. The highest BCUT2D eigenvalue weighted by molar-refractivity contribution is 7.19. The lowest BCUT2D eigenvalue weighted by Crippen LogP contribution is -2.10. The number of carbonyl (C=O) groups is 1. The molecule has 2 heterocycles. The van der Waals surface area contributed by atoms with E-state index in [4.69, 9.17) is 0 Å². The number of fused-ring (bicyclic) bond motifs is 1. The second-order valence-electron chi connectivity index (χ2n) is 7.24. The summed E-state index contributed by atoms with van der Waals surface area (Å²) >= 11 is 1.69. The molecular weight excluding hydrogens is 383 g/mol. The van der Waals surface area contributed by atoms with E-state index >= 15 is 0 Å². The first-order valence-corrected chi connectivity index (χ1v) is 9.92. The van der Waals surface area contributed by atoms with Crippen LogP contribution in [0.5, 0.6) is 0 Å². The Morgan fingerprint density at radius 1 is 1.11 bits per heavy atom. The van der Waals surface area contributed by atoms with Gasteiger partial charge in [0.25, 0.3) is 0 Å². The molecule has 0 unspecified atom stereocenters. The smallest absolute Gasteiger partial charge is 0.300 e. The summed E-state index contributed by atoms with van der Waals surface area (Å²) in [7, 11) is 0. The Morgan fingerprint density at radius 2 is 1.82 bits per heavy atom. The maximum atomic E-state index is 12.8. The average molecular weight is 405 g/mol. The molecule has 0 aliphatic rings. The summed E-state index contributed by atoms with van der Waals surface area (Å²) in [5, 5.41) is 1.16. The van der Waals surface area contributed by atoms with Gasteiger partial charge in [0.05, 0.1) is 0 Å². The fourth-order valence-electron chi connectivity index (χ4n) is 3.59. The Balaban J connectivity index is 1.85. The van der Waals surface area contributed by atoms with Crippen molar-refractivity contribution in [2.75, 3.05) is 0 Å². The molecule has 0 bridgehead atoms. The van der Waals surface area contributed by atoms with E-state index in [-0.39, 0.29) is 5.78 Å². The summed E-state index contributed by atoms with van der Waals surface area (Å²) in [6, 6.07) is 6.83. The summed E-state index contributed by atoms with van der Waals surface area (Å²) in [5.41, 5.74) is 3.78. The normalized spacial score (nSPS) is 12.0. The minimum atomic E-state index is -4.42. The topological polar surface area (TPSA) is 30.0 Å². The molecular formula is C22H22F3NOS. The minimum absolute atomic E-state index is 0.150. The highest BCUT2D eigenvalue weighted by Gasteiger charge is 2.32. The lowest BCUT2D eigenvalue weighted by molar-refractivity contribution is -0.141. The van der Waals surface area contributed by atoms with Gasteiger partial charge >= 0.3 is 6.18 Å². The van der Waals surface area contributed by atoms with Crippen molar-refractivity contribution in [3.8, 4) is 0 Å². The van der Waals surface area contributed by atoms with Gasteiger partial charge in [-0.15, -0.1) is 11.3 Å². The molecule has 0 saturated heterocycles. The zero-order chi connectivity index (χ0) is 20.6. The van der Waals surface area contributed by atoms with Gasteiger partial charge in [0.1, 0.15) is 11.5 Å². The molecule has 148 valence electrons. The van der Waals surface area contributed by atoms with Crippen LogP contribution in [0.4, 0.5) is 13.2 Å². The average Bonchev–Trinajstić information content (AvgIpc) is 2.88. The molecule has 0 atom stereocenters. The van der Waals surface area contributed by atoms with Crippen molar-refractivity contribution in [2.24, 2.45) is 0 Å². The SMILES string of the molecule is CC(=O)Cc1c(C)sc2cc(CCc3ccc(C(F)(F)F)nc3C)cc(C)c12. The summed E-state index contributed by atoms with van der Waals surface area (Å²) in [4.78, 5) is 16.5. The molecule has 0 aliphatic carbocycles. The predicted octanol–water partition coefficient (Wildman–Crippen LogP) is 6.16. The number of pyridine rings is 1. The fraction of sp³-hybridized carbons (Fsp3) is 0.364. The number of nitrogens with zero attached hydrogens (tertiary/aromatic N) is 1. The number of halogens is 3. The molecule has 3 aromatic rings. The molecule has 1 aromatic carbocycles. The molecule has 3 rings (SSSR count). The first-order valence-electron chi connectivity index (χ1n) is 9.11. The maximum absolute atomic E-state index is 12.8. The van der Waals surface area contributed by atoms with Gasteiger partial charge in [0.15, 0.2) is 0 Å². The zero-order valence-corrected chi connectivity index (χ0v) is 17.1. The molecule has 2 aromatic heterocycles. The van der Waals surface area contributed by atoms with E-state index in [1.165, 1.54) is 6.07 Å². The second-order valence-corrected chi connectivity index (χ2v) is 8.50. The number of aromatic nitrogens is 1. The molecule has 0 aliphatic heterocycles. The highest BCUT2D eigenvalue weighted by Crippen LogP contribution is 2.35. The zero-order valence-electron chi connectivity index (χ0n) is 16.3. The van der Waals surface area contributed by atoms with Crippen molar-refractivity contribution in [3.63, 3.8) is 0 Å². The number of carbonyl (C=O) groups excluding carboxylic acids is 1. The summed E-state index contributed by atoms with van der Waals surface area (Å²) in [5.74, 6) is 0.150. The lowest BCUT2D eigenvalue weighted by atomic mass is 9.97. The van der Waals surface area contributed by atoms with Crippen LogP contribution in [0.1, 0.15) is 45.4 Å². The predicted molar refractivity (Wildman–Crippen MR) is 107 cm³/mol. The van der Waals surface area contributed by atoms with Crippen LogP contribution < -0.4 is 0 Å².